The highest BCUT2D eigenvalue weighted by molar-refractivity contribution is 6.32. The minimum Gasteiger partial charge on any atom is -0.371 e. The summed E-state index contributed by atoms with van der Waals surface area (Å²) in [4.78, 5) is 0. The summed E-state index contributed by atoms with van der Waals surface area (Å²) in [5, 5.41) is 21.0. The van der Waals surface area contributed by atoms with Gasteiger partial charge in [-0.05, 0) is 24.5 Å². The highest BCUT2D eigenvalue weighted by Crippen LogP contribution is 2.52. The first-order valence-corrected chi connectivity index (χ1v) is 4.76. The third-order valence-electron chi connectivity index (χ3n) is 2.69. The molecule has 4 heteroatoms. The van der Waals surface area contributed by atoms with Crippen LogP contribution in [-0.2, 0) is 0 Å². The zero-order chi connectivity index (χ0) is 10.2. The van der Waals surface area contributed by atoms with E-state index >= 15 is 0 Å². The van der Waals surface area contributed by atoms with Crippen molar-refractivity contribution in [3.05, 3.63) is 22.4 Å². The van der Waals surface area contributed by atoms with Gasteiger partial charge in [0.25, 0.3) is 0 Å². The van der Waals surface area contributed by atoms with Gasteiger partial charge in [-0.1, -0.05) is 11.6 Å². The van der Waals surface area contributed by atoms with E-state index in [9.17, 15) is 0 Å². The predicted molar refractivity (Wildman–Crippen MR) is 51.9 cm³/mol. The quantitative estimate of drug-likeness (QED) is 0.710. The summed E-state index contributed by atoms with van der Waals surface area (Å²) in [7, 11) is 0. The lowest BCUT2D eigenvalue weighted by atomic mass is 9.95. The lowest BCUT2D eigenvalue weighted by Crippen LogP contribution is -2.24. The summed E-state index contributed by atoms with van der Waals surface area (Å²) in [6.07, 6.45) is 3.57. The lowest BCUT2D eigenvalue weighted by Gasteiger charge is -2.18. The van der Waals surface area contributed by atoms with Gasteiger partial charge in [0.05, 0.1) is 16.5 Å². The average Bonchev–Trinajstić information content (AvgIpc) is 2.98. The van der Waals surface area contributed by atoms with Crippen LogP contribution in [0.15, 0.2) is 22.4 Å². The van der Waals surface area contributed by atoms with E-state index in [-0.39, 0.29) is 5.41 Å². The van der Waals surface area contributed by atoms with Crippen molar-refractivity contribution in [1.82, 2.24) is 5.32 Å². The molecule has 3 nitrogen and oxygen atoms in total. The fraction of sp³-hybridized carbons (Fsp3) is 0.400. The minimum atomic E-state index is -0.297. The molecule has 1 aliphatic carbocycles. The molecule has 70 valence electrons. The minimum absolute atomic E-state index is 0.297. The standard InChI is InChI=1S/C10H8ClN3/c11-8-3-7(5-14-9(8)4-12)10(6-13)1-2-10/h3,14H,1-2,5H2. The van der Waals surface area contributed by atoms with E-state index in [1.54, 1.807) is 6.08 Å². The van der Waals surface area contributed by atoms with Crippen LogP contribution in [0.5, 0.6) is 0 Å². The molecule has 0 atom stereocenters. The van der Waals surface area contributed by atoms with Gasteiger partial charge in [-0.15, -0.1) is 0 Å². The molecular formula is C10H8ClN3. The average molecular weight is 206 g/mol. The van der Waals surface area contributed by atoms with Gasteiger partial charge >= 0.3 is 0 Å². The highest BCUT2D eigenvalue weighted by Gasteiger charge is 2.47. The predicted octanol–water partition coefficient (Wildman–Crippen LogP) is 1.79. The summed E-state index contributed by atoms with van der Waals surface area (Å²) < 4.78 is 0. The van der Waals surface area contributed by atoms with Crippen molar-refractivity contribution in [2.75, 3.05) is 6.54 Å². The van der Waals surface area contributed by atoms with Crippen molar-refractivity contribution >= 4 is 11.6 Å². The molecule has 1 saturated carbocycles. The zero-order valence-electron chi connectivity index (χ0n) is 7.47. The Balaban J connectivity index is 2.31. The molecule has 1 fully saturated rings. The number of rotatable bonds is 1. The van der Waals surface area contributed by atoms with Crippen molar-refractivity contribution in [2.45, 2.75) is 12.8 Å². The summed E-state index contributed by atoms with van der Waals surface area (Å²) >= 11 is 5.88. The van der Waals surface area contributed by atoms with Crippen molar-refractivity contribution < 1.29 is 0 Å². The molecule has 0 aromatic rings. The van der Waals surface area contributed by atoms with E-state index in [0.717, 1.165) is 18.4 Å². The van der Waals surface area contributed by atoms with Crippen molar-refractivity contribution in [1.29, 1.82) is 10.5 Å². The molecule has 0 saturated heterocycles. The molecule has 0 radical (unpaired) electrons. The third kappa shape index (κ3) is 1.27. The number of nitrogens with one attached hydrogen (secondary N) is 1. The Hall–Kier alpha value is -1.45. The second kappa shape index (κ2) is 3.04. The molecule has 0 aromatic heterocycles. The molecule has 0 aromatic carbocycles. The molecule has 2 rings (SSSR count). The summed E-state index contributed by atoms with van der Waals surface area (Å²) in [5.74, 6) is 0. The van der Waals surface area contributed by atoms with E-state index in [1.165, 1.54) is 0 Å². The number of nitrogens with zero attached hydrogens (tertiary/aromatic N) is 2. The van der Waals surface area contributed by atoms with E-state index < -0.39 is 0 Å². The fourth-order valence-corrected chi connectivity index (χ4v) is 1.81. The Labute approximate surface area is 87.3 Å². The molecule has 2 aliphatic rings. The topological polar surface area (TPSA) is 59.6 Å². The van der Waals surface area contributed by atoms with Crippen molar-refractivity contribution in [3.8, 4) is 12.1 Å². The first-order valence-electron chi connectivity index (χ1n) is 4.38. The maximum absolute atomic E-state index is 8.98. The lowest BCUT2D eigenvalue weighted by molar-refractivity contribution is 0.719. The number of hydrogen-bond acceptors (Lipinski definition) is 3. The van der Waals surface area contributed by atoms with Crippen LogP contribution in [0.1, 0.15) is 12.8 Å². The monoisotopic (exact) mass is 205 g/mol. The SMILES string of the molecule is N#CC1=C(Cl)C=C(C2(C#N)CC2)CN1. The number of halogens is 1. The Morgan fingerprint density at radius 1 is 1.43 bits per heavy atom. The molecular weight excluding hydrogens is 198 g/mol. The van der Waals surface area contributed by atoms with E-state index in [2.05, 4.69) is 11.4 Å². The summed E-state index contributed by atoms with van der Waals surface area (Å²) in [6, 6.07) is 4.28. The van der Waals surface area contributed by atoms with Gasteiger partial charge in [-0.3, -0.25) is 0 Å². The van der Waals surface area contributed by atoms with Gasteiger partial charge in [0.1, 0.15) is 11.8 Å². The first kappa shape index (κ1) is 9.12. The summed E-state index contributed by atoms with van der Waals surface area (Å²) in [5.41, 5.74) is 1.10. The van der Waals surface area contributed by atoms with Crippen LogP contribution in [0.3, 0.4) is 0 Å². The van der Waals surface area contributed by atoms with Gasteiger partial charge < -0.3 is 5.32 Å². The normalized spacial score (nSPS) is 22.9. The van der Waals surface area contributed by atoms with Crippen LogP contribution < -0.4 is 5.32 Å². The van der Waals surface area contributed by atoms with E-state index in [0.29, 0.717) is 17.3 Å². The van der Waals surface area contributed by atoms with Crippen LogP contribution in [0.25, 0.3) is 0 Å². The number of dihydropyridines is 1. The molecule has 0 bridgehead atoms. The first-order chi connectivity index (χ1) is 6.72. The zero-order valence-corrected chi connectivity index (χ0v) is 8.23. The highest BCUT2D eigenvalue weighted by atomic mass is 35.5. The molecule has 0 amide bonds. The number of allylic oxidation sites excluding steroid dienone is 3. The van der Waals surface area contributed by atoms with E-state index in [1.807, 2.05) is 6.07 Å². The van der Waals surface area contributed by atoms with Crippen LogP contribution >= 0.6 is 11.6 Å². The second-order valence-electron chi connectivity index (χ2n) is 3.55. The van der Waals surface area contributed by atoms with Crippen LogP contribution in [0.2, 0.25) is 0 Å². The maximum atomic E-state index is 8.98. The van der Waals surface area contributed by atoms with Gasteiger partial charge in [0, 0.05) is 6.54 Å². The molecule has 0 unspecified atom stereocenters. The molecule has 14 heavy (non-hydrogen) atoms. The molecule has 0 spiro atoms. The summed E-state index contributed by atoms with van der Waals surface area (Å²) in [6.45, 7) is 0.562. The molecule has 1 N–H and O–H groups in total. The Morgan fingerprint density at radius 3 is 2.57 bits per heavy atom. The van der Waals surface area contributed by atoms with Gasteiger partial charge in [0.2, 0.25) is 0 Å². The largest absolute Gasteiger partial charge is 0.371 e. The van der Waals surface area contributed by atoms with Gasteiger partial charge in [0.15, 0.2) is 0 Å². The van der Waals surface area contributed by atoms with Gasteiger partial charge in [-0.25, -0.2) is 0 Å². The number of nitriles is 2. The number of hydrogen-bond donors (Lipinski definition) is 1. The van der Waals surface area contributed by atoms with Crippen LogP contribution in [0.4, 0.5) is 0 Å². The molecule has 1 aliphatic heterocycles. The third-order valence-corrected chi connectivity index (χ3v) is 2.98. The van der Waals surface area contributed by atoms with Crippen molar-refractivity contribution in [3.63, 3.8) is 0 Å². The Kier molecular flexibility index (Phi) is 1.98. The maximum Gasteiger partial charge on any atom is 0.132 e. The molecule has 1 heterocycles. The van der Waals surface area contributed by atoms with Crippen LogP contribution in [-0.4, -0.2) is 6.54 Å². The fourth-order valence-electron chi connectivity index (χ4n) is 1.57. The smallest absolute Gasteiger partial charge is 0.132 e. The van der Waals surface area contributed by atoms with E-state index in [4.69, 9.17) is 22.1 Å². The Morgan fingerprint density at radius 2 is 2.14 bits per heavy atom. The van der Waals surface area contributed by atoms with Crippen LogP contribution in [0, 0.1) is 28.1 Å². The second-order valence-corrected chi connectivity index (χ2v) is 3.96. The Bertz CT molecular complexity index is 416. The van der Waals surface area contributed by atoms with Gasteiger partial charge in [-0.2, -0.15) is 10.5 Å². The van der Waals surface area contributed by atoms with Crippen molar-refractivity contribution in [2.24, 2.45) is 5.41 Å².